The van der Waals surface area contributed by atoms with Crippen LogP contribution in [0, 0.1) is 0 Å². The number of sulfone groups is 1. The molecule has 0 saturated heterocycles. The molecular weight excluding hydrogens is 250 g/mol. The standard InChI is InChI=1S/C13H21NO3S/c1-3-12(14)11-7-4-5-8-13(11)17-9-6-10-18(2,15)16/h4-5,7-8,12H,3,6,9-10,14H2,1-2H3/t12-/m0/s1. The molecule has 0 saturated carbocycles. The monoisotopic (exact) mass is 271 g/mol. The molecule has 1 aromatic carbocycles. The molecule has 1 atom stereocenters. The number of para-hydroxylation sites is 1. The third-order valence-electron chi connectivity index (χ3n) is 2.68. The van der Waals surface area contributed by atoms with Crippen molar-refractivity contribution >= 4 is 9.84 Å². The number of hydrogen-bond donors (Lipinski definition) is 1. The normalized spacial score (nSPS) is 13.3. The molecule has 0 unspecified atom stereocenters. The number of nitrogens with two attached hydrogens (primary N) is 1. The zero-order valence-corrected chi connectivity index (χ0v) is 11.7. The Hall–Kier alpha value is -1.07. The van der Waals surface area contributed by atoms with Crippen molar-refractivity contribution in [3.8, 4) is 5.75 Å². The molecular formula is C13H21NO3S. The van der Waals surface area contributed by atoms with Gasteiger partial charge in [0.1, 0.15) is 15.6 Å². The van der Waals surface area contributed by atoms with Gasteiger partial charge in [-0.3, -0.25) is 0 Å². The first-order valence-electron chi connectivity index (χ1n) is 6.09. The molecule has 18 heavy (non-hydrogen) atoms. The summed E-state index contributed by atoms with van der Waals surface area (Å²) >= 11 is 0. The van der Waals surface area contributed by atoms with E-state index in [1.54, 1.807) is 0 Å². The van der Waals surface area contributed by atoms with E-state index in [1.165, 1.54) is 6.26 Å². The lowest BCUT2D eigenvalue weighted by molar-refractivity contribution is 0.312. The highest BCUT2D eigenvalue weighted by molar-refractivity contribution is 7.90. The van der Waals surface area contributed by atoms with E-state index in [1.807, 2.05) is 31.2 Å². The molecule has 1 rings (SSSR count). The van der Waals surface area contributed by atoms with Crippen LogP contribution in [0.5, 0.6) is 5.75 Å². The first-order chi connectivity index (χ1) is 8.44. The second-order valence-corrected chi connectivity index (χ2v) is 6.64. The van der Waals surface area contributed by atoms with Gasteiger partial charge in [0, 0.05) is 17.9 Å². The van der Waals surface area contributed by atoms with E-state index in [-0.39, 0.29) is 11.8 Å². The minimum absolute atomic E-state index is 0.0453. The zero-order valence-electron chi connectivity index (χ0n) is 10.9. The molecule has 0 aromatic heterocycles. The van der Waals surface area contributed by atoms with Crippen molar-refractivity contribution in [1.82, 2.24) is 0 Å². The Bertz CT molecular complexity index is 471. The average molecular weight is 271 g/mol. The van der Waals surface area contributed by atoms with Crippen LogP contribution in [-0.2, 0) is 9.84 Å². The molecule has 0 aliphatic carbocycles. The molecule has 0 aliphatic rings. The third-order valence-corrected chi connectivity index (χ3v) is 3.71. The summed E-state index contributed by atoms with van der Waals surface area (Å²) < 4.78 is 27.6. The fraction of sp³-hybridized carbons (Fsp3) is 0.538. The van der Waals surface area contributed by atoms with Gasteiger partial charge in [-0.05, 0) is 18.9 Å². The van der Waals surface area contributed by atoms with Gasteiger partial charge in [0.2, 0.25) is 0 Å². The summed E-state index contributed by atoms with van der Waals surface area (Å²) in [6.45, 7) is 2.41. The van der Waals surface area contributed by atoms with Crippen LogP contribution in [0.2, 0.25) is 0 Å². The lowest BCUT2D eigenvalue weighted by Gasteiger charge is -2.15. The van der Waals surface area contributed by atoms with Crippen molar-refractivity contribution in [3.63, 3.8) is 0 Å². The minimum atomic E-state index is -2.91. The largest absolute Gasteiger partial charge is 0.493 e. The molecule has 1 aromatic rings. The van der Waals surface area contributed by atoms with Gasteiger partial charge in [0.05, 0.1) is 12.4 Å². The van der Waals surface area contributed by atoms with Crippen molar-refractivity contribution in [2.45, 2.75) is 25.8 Å². The lowest BCUT2D eigenvalue weighted by atomic mass is 10.0. The van der Waals surface area contributed by atoms with Crippen LogP contribution in [-0.4, -0.2) is 27.0 Å². The highest BCUT2D eigenvalue weighted by Crippen LogP contribution is 2.25. The van der Waals surface area contributed by atoms with E-state index in [2.05, 4.69) is 0 Å². The maximum Gasteiger partial charge on any atom is 0.147 e. The van der Waals surface area contributed by atoms with Crippen LogP contribution < -0.4 is 10.5 Å². The number of ether oxygens (including phenoxy) is 1. The summed E-state index contributed by atoms with van der Waals surface area (Å²) in [5.74, 6) is 0.898. The van der Waals surface area contributed by atoms with Gasteiger partial charge in [-0.15, -0.1) is 0 Å². The van der Waals surface area contributed by atoms with E-state index in [9.17, 15) is 8.42 Å². The predicted molar refractivity (Wildman–Crippen MR) is 73.5 cm³/mol. The fourth-order valence-electron chi connectivity index (χ4n) is 1.64. The van der Waals surface area contributed by atoms with E-state index >= 15 is 0 Å². The van der Waals surface area contributed by atoms with E-state index in [0.717, 1.165) is 17.7 Å². The smallest absolute Gasteiger partial charge is 0.147 e. The van der Waals surface area contributed by atoms with Gasteiger partial charge >= 0.3 is 0 Å². The molecule has 0 fully saturated rings. The average Bonchev–Trinajstić information content (AvgIpc) is 2.33. The number of hydrogen-bond acceptors (Lipinski definition) is 4. The predicted octanol–water partition coefficient (Wildman–Crippen LogP) is 1.91. The van der Waals surface area contributed by atoms with Crippen LogP contribution in [0.4, 0.5) is 0 Å². The molecule has 0 spiro atoms. The van der Waals surface area contributed by atoms with E-state index in [4.69, 9.17) is 10.5 Å². The first-order valence-corrected chi connectivity index (χ1v) is 8.15. The molecule has 102 valence electrons. The Labute approximate surface area is 109 Å². The number of rotatable bonds is 7. The maximum atomic E-state index is 11.0. The van der Waals surface area contributed by atoms with Crippen molar-refractivity contribution in [1.29, 1.82) is 0 Å². The van der Waals surface area contributed by atoms with Crippen LogP contribution in [0.25, 0.3) is 0 Å². The second kappa shape index (κ2) is 6.75. The Morgan fingerprint density at radius 2 is 2.00 bits per heavy atom. The van der Waals surface area contributed by atoms with Crippen LogP contribution >= 0.6 is 0 Å². The first kappa shape index (κ1) is 15.0. The van der Waals surface area contributed by atoms with Gasteiger partial charge < -0.3 is 10.5 Å². The molecule has 0 aliphatic heterocycles. The highest BCUT2D eigenvalue weighted by Gasteiger charge is 2.10. The quantitative estimate of drug-likeness (QED) is 0.769. The molecule has 0 heterocycles. The molecule has 0 amide bonds. The summed E-state index contributed by atoms with van der Waals surface area (Å²) in [7, 11) is -2.91. The topological polar surface area (TPSA) is 69.4 Å². The Kier molecular flexibility index (Phi) is 5.62. The maximum absolute atomic E-state index is 11.0. The molecule has 4 nitrogen and oxygen atoms in total. The molecule has 5 heteroatoms. The van der Waals surface area contributed by atoms with Crippen LogP contribution in [0.15, 0.2) is 24.3 Å². The second-order valence-electron chi connectivity index (χ2n) is 4.38. The summed E-state index contributed by atoms with van der Waals surface area (Å²) in [6.07, 6.45) is 2.56. The van der Waals surface area contributed by atoms with Crippen molar-refractivity contribution in [3.05, 3.63) is 29.8 Å². The van der Waals surface area contributed by atoms with Crippen LogP contribution in [0.3, 0.4) is 0 Å². The third kappa shape index (κ3) is 5.06. The summed E-state index contributed by atoms with van der Waals surface area (Å²) in [5, 5.41) is 0. The molecule has 0 radical (unpaired) electrons. The Balaban J connectivity index is 2.57. The summed E-state index contributed by atoms with van der Waals surface area (Å²) in [6, 6.07) is 7.58. The Morgan fingerprint density at radius 1 is 1.33 bits per heavy atom. The van der Waals surface area contributed by atoms with E-state index < -0.39 is 9.84 Å². The SMILES string of the molecule is CC[C@H](N)c1ccccc1OCCCS(C)(=O)=O. The van der Waals surface area contributed by atoms with Gasteiger partial charge in [0.15, 0.2) is 0 Å². The molecule has 2 N–H and O–H groups in total. The minimum Gasteiger partial charge on any atom is -0.493 e. The van der Waals surface area contributed by atoms with E-state index in [0.29, 0.717) is 13.0 Å². The zero-order chi connectivity index (χ0) is 13.6. The molecule has 0 bridgehead atoms. The van der Waals surface area contributed by atoms with Crippen LogP contribution in [0.1, 0.15) is 31.4 Å². The van der Waals surface area contributed by atoms with Gasteiger partial charge in [-0.1, -0.05) is 25.1 Å². The van der Waals surface area contributed by atoms with Gasteiger partial charge in [-0.25, -0.2) is 8.42 Å². The Morgan fingerprint density at radius 3 is 2.61 bits per heavy atom. The van der Waals surface area contributed by atoms with Gasteiger partial charge in [-0.2, -0.15) is 0 Å². The van der Waals surface area contributed by atoms with Gasteiger partial charge in [0.25, 0.3) is 0 Å². The highest BCUT2D eigenvalue weighted by atomic mass is 32.2. The van der Waals surface area contributed by atoms with Crippen molar-refractivity contribution in [2.75, 3.05) is 18.6 Å². The fourth-order valence-corrected chi connectivity index (χ4v) is 2.28. The van der Waals surface area contributed by atoms with Crippen molar-refractivity contribution in [2.24, 2.45) is 5.73 Å². The summed E-state index contributed by atoms with van der Waals surface area (Å²) in [5.41, 5.74) is 6.96. The lowest BCUT2D eigenvalue weighted by Crippen LogP contribution is -2.12. The number of benzene rings is 1. The summed E-state index contributed by atoms with van der Waals surface area (Å²) in [4.78, 5) is 0. The van der Waals surface area contributed by atoms with Crippen molar-refractivity contribution < 1.29 is 13.2 Å².